The number of aromatic nitrogens is 6. The second-order valence-corrected chi connectivity index (χ2v) is 15.6. The molecule has 2 N–H and O–H groups in total. The van der Waals surface area contributed by atoms with Crippen molar-refractivity contribution in [3.63, 3.8) is 0 Å². The summed E-state index contributed by atoms with van der Waals surface area (Å²) in [5.74, 6) is 11.8. The second kappa shape index (κ2) is 21.7. The molecule has 20 heteroatoms. The number of alkyl halides is 4. The van der Waals surface area contributed by atoms with E-state index in [2.05, 4.69) is 64.8 Å². The molecule has 0 bridgehead atoms. The molecule has 2 aliphatic carbocycles. The van der Waals surface area contributed by atoms with Crippen LogP contribution in [0, 0.1) is 35.5 Å². The van der Waals surface area contributed by atoms with Gasteiger partial charge in [-0.3, -0.25) is 28.9 Å². The summed E-state index contributed by atoms with van der Waals surface area (Å²) in [5.41, 5.74) is 0.833. The third kappa shape index (κ3) is 14.0. The van der Waals surface area contributed by atoms with Gasteiger partial charge in [0.2, 0.25) is 0 Å². The standard InChI is InChI=1S/2C21H22ClF2N5O2/c2*1-12(2)31-28-17(10-26-21(30)15-11-29(3)27-18(15)20(23)24)19-16(22)8-14(9-25-19)7-6-13-4-5-13/h2*8-9,11-13,20H,4-5,10H2,1-3H3,(H,26,30)/b28-17+;28-17-. The van der Waals surface area contributed by atoms with Crippen LogP contribution >= 0.6 is 23.2 Å². The zero-order valence-corrected chi connectivity index (χ0v) is 36.2. The third-order valence-electron chi connectivity index (χ3n) is 8.42. The first-order chi connectivity index (χ1) is 29.5. The summed E-state index contributed by atoms with van der Waals surface area (Å²) in [6.45, 7) is 6.88. The molecule has 2 fully saturated rings. The SMILES string of the molecule is CC(C)O/N=C(/CNC(=O)c1cn(C)nc1C(F)F)c1ncc(C#CC2CC2)cc1Cl.CC(C)O/N=C(\CNC(=O)c1cn(C)nc1C(F)F)c1ncc(C#CC2CC2)cc1Cl. The van der Waals surface area contributed by atoms with E-state index in [1.807, 2.05) is 0 Å². The molecule has 0 aromatic carbocycles. The Morgan fingerprint density at radius 2 is 1.10 bits per heavy atom. The number of pyridine rings is 2. The Kier molecular flexibility index (Phi) is 16.5. The summed E-state index contributed by atoms with van der Waals surface area (Å²) in [6, 6.07) is 3.34. The summed E-state index contributed by atoms with van der Waals surface area (Å²) in [7, 11) is 2.92. The minimum absolute atomic E-state index is 0.136. The van der Waals surface area contributed by atoms with Crippen molar-refractivity contribution in [2.45, 2.75) is 78.4 Å². The highest BCUT2D eigenvalue weighted by Crippen LogP contribution is 2.29. The van der Waals surface area contributed by atoms with E-state index in [-0.39, 0.29) is 57.9 Å². The van der Waals surface area contributed by atoms with Gasteiger partial charge in [0.1, 0.15) is 46.4 Å². The first-order valence-electron chi connectivity index (χ1n) is 19.5. The smallest absolute Gasteiger partial charge is 0.282 e. The molecule has 328 valence electrons. The molecule has 14 nitrogen and oxygen atoms in total. The molecule has 2 aliphatic rings. The zero-order chi connectivity index (χ0) is 45.1. The Labute approximate surface area is 365 Å². The van der Waals surface area contributed by atoms with Crippen molar-refractivity contribution >= 4 is 46.4 Å². The van der Waals surface area contributed by atoms with Gasteiger partial charge in [-0.05, 0) is 65.5 Å². The summed E-state index contributed by atoms with van der Waals surface area (Å²) in [6.07, 6.45) is 3.85. The number of rotatable bonds is 14. The van der Waals surface area contributed by atoms with Crippen LogP contribution in [0.5, 0.6) is 0 Å². The number of oxime groups is 2. The molecule has 0 spiro atoms. The Morgan fingerprint density at radius 1 is 0.726 bits per heavy atom. The van der Waals surface area contributed by atoms with Gasteiger partial charge in [-0.2, -0.15) is 10.2 Å². The van der Waals surface area contributed by atoms with E-state index in [4.69, 9.17) is 32.9 Å². The van der Waals surface area contributed by atoms with Gasteiger partial charge in [0.15, 0.2) is 0 Å². The minimum Gasteiger partial charge on any atom is -0.393 e. The van der Waals surface area contributed by atoms with Crippen LogP contribution in [0.25, 0.3) is 0 Å². The molecular formula is C42H44Cl2F4N10O4. The number of amides is 2. The molecule has 4 aromatic rings. The molecule has 2 saturated carbocycles. The Bertz CT molecular complexity index is 2270. The normalized spacial score (nSPS) is 13.9. The maximum atomic E-state index is 13.1. The monoisotopic (exact) mass is 898 g/mol. The molecule has 4 heterocycles. The lowest BCUT2D eigenvalue weighted by Crippen LogP contribution is -2.31. The minimum atomic E-state index is -2.88. The van der Waals surface area contributed by atoms with Crippen molar-refractivity contribution in [1.29, 1.82) is 0 Å². The first kappa shape index (κ1) is 47.1. The van der Waals surface area contributed by atoms with Gasteiger partial charge in [0, 0.05) is 61.8 Å². The summed E-state index contributed by atoms with van der Waals surface area (Å²) in [4.78, 5) is 44.2. The average molecular weight is 900 g/mol. The highest BCUT2D eigenvalue weighted by molar-refractivity contribution is 6.34. The van der Waals surface area contributed by atoms with Gasteiger partial charge in [-0.1, -0.05) is 57.2 Å². The van der Waals surface area contributed by atoms with Crippen LogP contribution in [-0.2, 0) is 23.8 Å². The fraction of sp³-hybridized carbons (Fsp3) is 0.429. The highest BCUT2D eigenvalue weighted by Gasteiger charge is 2.25. The largest absolute Gasteiger partial charge is 0.393 e. The molecule has 0 unspecified atom stereocenters. The van der Waals surface area contributed by atoms with Gasteiger partial charge in [-0.15, -0.1) is 0 Å². The van der Waals surface area contributed by atoms with Crippen LogP contribution in [0.1, 0.15) is 121 Å². The van der Waals surface area contributed by atoms with Gasteiger partial charge in [0.25, 0.3) is 24.7 Å². The van der Waals surface area contributed by atoms with Crippen molar-refractivity contribution in [2.24, 2.45) is 36.2 Å². The van der Waals surface area contributed by atoms with Crippen molar-refractivity contribution in [1.82, 2.24) is 40.2 Å². The Balaban J connectivity index is 0.000000234. The van der Waals surface area contributed by atoms with Crippen molar-refractivity contribution in [3.8, 4) is 23.7 Å². The van der Waals surface area contributed by atoms with E-state index in [9.17, 15) is 27.2 Å². The molecule has 0 aliphatic heterocycles. The van der Waals surface area contributed by atoms with Crippen molar-refractivity contribution in [2.75, 3.05) is 13.1 Å². The quantitative estimate of drug-likeness (QED) is 0.0571. The topological polar surface area (TPSA) is 163 Å². The molecule has 6 rings (SSSR count). The van der Waals surface area contributed by atoms with Gasteiger partial charge >= 0.3 is 0 Å². The van der Waals surface area contributed by atoms with Crippen LogP contribution in [0.15, 0.2) is 47.2 Å². The lowest BCUT2D eigenvalue weighted by Gasteiger charge is -2.11. The second-order valence-electron chi connectivity index (χ2n) is 14.8. The molecular weight excluding hydrogens is 855 g/mol. The average Bonchev–Trinajstić information content (AvgIpc) is 4.15. The maximum absolute atomic E-state index is 13.1. The molecule has 0 atom stereocenters. The number of carbonyl (C=O) groups is 2. The fourth-order valence-corrected chi connectivity index (χ4v) is 5.67. The predicted octanol–water partition coefficient (Wildman–Crippen LogP) is 7.45. The van der Waals surface area contributed by atoms with Crippen LogP contribution in [-0.4, -0.2) is 78.1 Å². The van der Waals surface area contributed by atoms with Crippen LogP contribution in [0.2, 0.25) is 10.0 Å². The molecule has 0 saturated heterocycles. The number of aryl methyl sites for hydroxylation is 2. The molecule has 4 aromatic heterocycles. The van der Waals surface area contributed by atoms with Crippen LogP contribution in [0.3, 0.4) is 0 Å². The van der Waals surface area contributed by atoms with E-state index < -0.39 is 36.1 Å². The van der Waals surface area contributed by atoms with E-state index in [1.165, 1.54) is 26.5 Å². The zero-order valence-electron chi connectivity index (χ0n) is 34.6. The number of hydrogen-bond donors (Lipinski definition) is 2. The molecule has 0 radical (unpaired) electrons. The lowest BCUT2D eigenvalue weighted by atomic mass is 10.2. The van der Waals surface area contributed by atoms with E-state index in [0.29, 0.717) is 34.4 Å². The van der Waals surface area contributed by atoms with E-state index in [1.54, 1.807) is 52.2 Å². The van der Waals surface area contributed by atoms with Crippen LogP contribution < -0.4 is 10.6 Å². The van der Waals surface area contributed by atoms with Gasteiger partial charge in [0.05, 0.1) is 34.3 Å². The van der Waals surface area contributed by atoms with E-state index in [0.717, 1.165) is 35.0 Å². The number of nitrogens with zero attached hydrogens (tertiary/aromatic N) is 8. The summed E-state index contributed by atoms with van der Waals surface area (Å²) in [5, 5.41) is 21.1. The Morgan fingerprint density at radius 3 is 1.40 bits per heavy atom. The van der Waals surface area contributed by atoms with Crippen LogP contribution in [0.4, 0.5) is 17.6 Å². The third-order valence-corrected chi connectivity index (χ3v) is 9.00. The number of halogens is 6. The number of nitrogens with one attached hydrogen (secondary N) is 2. The predicted molar refractivity (Wildman–Crippen MR) is 224 cm³/mol. The molecule has 62 heavy (non-hydrogen) atoms. The number of hydrogen-bond acceptors (Lipinski definition) is 10. The fourth-order valence-electron chi connectivity index (χ4n) is 5.12. The summed E-state index contributed by atoms with van der Waals surface area (Å²) >= 11 is 12.8. The highest BCUT2D eigenvalue weighted by atomic mass is 35.5. The lowest BCUT2D eigenvalue weighted by molar-refractivity contribution is 0.0850. The van der Waals surface area contributed by atoms with Gasteiger partial charge < -0.3 is 20.3 Å². The maximum Gasteiger partial charge on any atom is 0.282 e. The van der Waals surface area contributed by atoms with Crippen molar-refractivity contribution in [3.05, 3.63) is 92.0 Å². The van der Waals surface area contributed by atoms with Crippen molar-refractivity contribution < 1.29 is 36.8 Å². The Hall–Kier alpha value is -5.98. The first-order valence-corrected chi connectivity index (χ1v) is 20.2. The number of carbonyl (C=O) groups excluding carboxylic acids is 2. The summed E-state index contributed by atoms with van der Waals surface area (Å²) < 4.78 is 54.9. The van der Waals surface area contributed by atoms with E-state index >= 15 is 0 Å². The van der Waals surface area contributed by atoms with Gasteiger partial charge in [-0.25, -0.2) is 17.6 Å². The molecule has 2 amide bonds.